The van der Waals surface area contributed by atoms with Crippen LogP contribution in [0.5, 0.6) is 0 Å². The van der Waals surface area contributed by atoms with Crippen LogP contribution in [0.25, 0.3) is 0 Å². The summed E-state index contributed by atoms with van der Waals surface area (Å²) in [4.78, 5) is 0. The predicted octanol–water partition coefficient (Wildman–Crippen LogP) is -9.58. The van der Waals surface area contributed by atoms with Crippen molar-refractivity contribution in [3.8, 4) is 0 Å². The van der Waals surface area contributed by atoms with Crippen LogP contribution in [0.4, 0.5) is 0 Å². The van der Waals surface area contributed by atoms with Gasteiger partial charge >= 0.3 is 49.5 Å². The Balaban J connectivity index is -0.0000000294. The Bertz CT molecular complexity index is 788. The van der Waals surface area contributed by atoms with E-state index in [1.54, 1.807) is 0 Å². The molecule has 0 aromatic heterocycles. The number of hydrogen-bond donors (Lipinski definition) is 6. The van der Waals surface area contributed by atoms with Gasteiger partial charge < -0.3 is 27.3 Å². The van der Waals surface area contributed by atoms with Gasteiger partial charge in [-0.05, 0) is 0 Å². The van der Waals surface area contributed by atoms with Crippen molar-refractivity contribution in [3.63, 3.8) is 0 Å². The van der Waals surface area contributed by atoms with Crippen molar-refractivity contribution in [2.75, 3.05) is 0 Å². The first-order chi connectivity index (χ1) is 12.0. The third-order valence-electron chi connectivity index (χ3n) is 0. The summed E-state index contributed by atoms with van der Waals surface area (Å²) in [5, 5.41) is 22.6. The van der Waals surface area contributed by atoms with Gasteiger partial charge in [0.1, 0.15) is 0 Å². The zero-order valence-corrected chi connectivity index (χ0v) is 22.1. The first-order valence-electron chi connectivity index (χ1n) is 4.41. The molecule has 24 nitrogen and oxygen atoms in total. The molecule has 12 N–H and O–H groups in total. The zero-order chi connectivity index (χ0) is 27.0. The maximum absolute atomic E-state index is 8.85. The molecule has 0 saturated carbocycles. The maximum Gasteiger partial charge on any atom is 2.00 e. The fourth-order valence-corrected chi connectivity index (χ4v) is 0. The number of rotatable bonds is 0. The van der Waals surface area contributed by atoms with E-state index in [2.05, 4.69) is 30.8 Å². The summed E-state index contributed by atoms with van der Waals surface area (Å²) >= 11 is 0. The Labute approximate surface area is 218 Å². The second kappa shape index (κ2) is 24.4. The quantitative estimate of drug-likeness (QED) is 0.0988. The predicted molar refractivity (Wildman–Crippen MR) is 83.3 cm³/mol. The van der Waals surface area contributed by atoms with E-state index in [9.17, 15) is 0 Å². The van der Waals surface area contributed by atoms with Crippen LogP contribution in [0.15, 0.2) is 0 Å². The standard InChI is InChI=1S/6H3NO3S.3Ni/c6*1-5(2,3)4;;;/h6*(H3,1,2,3,4);;;/q;;;;;;3*+2/p-6. The van der Waals surface area contributed by atoms with E-state index in [1.165, 1.54) is 0 Å². The van der Waals surface area contributed by atoms with Crippen molar-refractivity contribution < 1.29 is 127 Å². The molecular weight excluding hydrogens is 741 g/mol. The van der Waals surface area contributed by atoms with E-state index in [-0.39, 0.29) is 49.5 Å². The van der Waals surface area contributed by atoms with Gasteiger partial charge in [-0.1, -0.05) is 0 Å². The van der Waals surface area contributed by atoms with Crippen molar-refractivity contribution in [1.82, 2.24) is 0 Å². The molecule has 0 rings (SSSR count). The molecule has 0 bridgehead atoms. The first-order valence-corrected chi connectivity index (χ1v) is 13.2. The summed E-state index contributed by atoms with van der Waals surface area (Å²) in [6.07, 6.45) is 0. The van der Waals surface area contributed by atoms with Gasteiger partial charge in [-0.15, -0.1) is 0 Å². The Morgan fingerprint density at radius 1 is 0.273 bits per heavy atom. The molecule has 0 unspecified atom stereocenters. The van der Waals surface area contributed by atoms with Crippen molar-refractivity contribution in [3.05, 3.63) is 0 Å². The SMILES string of the molecule is NS(=O)(=O)[O-].NS(=O)(=O)[O-].NS(=O)(=O)[O-].NS(=O)(=O)[O-].NS(=O)(=O)[O-].NS(=O)(=O)[O-].[Ni+2].[Ni+2].[Ni+2]. The third-order valence-corrected chi connectivity index (χ3v) is 0. The zero-order valence-electron chi connectivity index (χ0n) is 14.2. The van der Waals surface area contributed by atoms with Crippen LogP contribution in [0.3, 0.4) is 0 Å². The average molecular weight is 753 g/mol. The number of hydrogen-bond acceptors (Lipinski definition) is 18. The van der Waals surface area contributed by atoms with Gasteiger partial charge in [0.15, 0.2) is 61.8 Å². The monoisotopic (exact) mass is 750 g/mol. The molecule has 0 aromatic rings. The minimum atomic E-state index is -4.42. The van der Waals surface area contributed by atoms with Crippen LogP contribution in [-0.4, -0.2) is 77.8 Å². The molecule has 0 radical (unpaired) electrons. The van der Waals surface area contributed by atoms with Crippen molar-refractivity contribution in [1.29, 1.82) is 0 Å². The van der Waals surface area contributed by atoms with Gasteiger partial charge in [-0.2, -0.15) is 0 Å². The van der Waals surface area contributed by atoms with Crippen LogP contribution in [0.2, 0.25) is 0 Å². The molecule has 0 aromatic carbocycles. The third kappa shape index (κ3) is 62800. The maximum atomic E-state index is 8.85. The normalized spacial score (nSPS) is 10.5. The molecule has 0 saturated heterocycles. The molecule has 0 spiro atoms. The molecule has 0 fully saturated rings. The van der Waals surface area contributed by atoms with Crippen molar-refractivity contribution in [2.24, 2.45) is 30.8 Å². The topological polar surface area (TPSA) is 499 Å². The molecule has 33 heavy (non-hydrogen) atoms. The van der Waals surface area contributed by atoms with Gasteiger partial charge in [-0.3, -0.25) is 0 Å². The summed E-state index contributed by atoms with van der Waals surface area (Å²) in [5.41, 5.74) is 0. The van der Waals surface area contributed by atoms with Gasteiger partial charge in [-0.25, -0.2) is 81.3 Å². The molecule has 0 amide bonds. The van der Waals surface area contributed by atoms with Crippen LogP contribution in [0.1, 0.15) is 0 Å². The summed E-state index contributed by atoms with van der Waals surface area (Å²) in [6.45, 7) is 0. The fraction of sp³-hybridized carbons (Fsp3) is 0. The summed E-state index contributed by atoms with van der Waals surface area (Å²) in [7, 11) is -26.5. The van der Waals surface area contributed by atoms with E-state index in [4.69, 9.17) is 77.8 Å². The van der Waals surface area contributed by atoms with Crippen molar-refractivity contribution in [2.45, 2.75) is 0 Å². The van der Waals surface area contributed by atoms with Gasteiger partial charge in [0.25, 0.3) is 0 Å². The Morgan fingerprint density at radius 3 is 0.273 bits per heavy atom. The molecule has 216 valence electrons. The molecule has 0 atom stereocenters. The summed E-state index contributed by atoms with van der Waals surface area (Å²) in [6, 6.07) is 0. The molecule has 0 heterocycles. The Hall–Kier alpha value is 0.701. The van der Waals surface area contributed by atoms with E-state index in [0.29, 0.717) is 0 Å². The van der Waals surface area contributed by atoms with Crippen LogP contribution >= 0.6 is 0 Å². The first kappa shape index (κ1) is 59.1. The largest absolute Gasteiger partial charge is 2.00 e. The fourth-order valence-electron chi connectivity index (χ4n) is 0. The molecule has 0 aliphatic heterocycles. The number of nitrogens with two attached hydrogens (primary N) is 6. The smallest absolute Gasteiger partial charge is 0.736 e. The molecule has 0 aliphatic rings. The van der Waals surface area contributed by atoms with E-state index >= 15 is 0 Å². The van der Waals surface area contributed by atoms with E-state index in [0.717, 1.165) is 0 Å². The minimum Gasteiger partial charge on any atom is -0.736 e. The van der Waals surface area contributed by atoms with Crippen LogP contribution < -0.4 is 30.8 Å². The van der Waals surface area contributed by atoms with Crippen LogP contribution in [-0.2, 0) is 111 Å². The second-order valence-corrected chi connectivity index (χ2v) is 8.87. The van der Waals surface area contributed by atoms with E-state index in [1.807, 2.05) is 0 Å². The van der Waals surface area contributed by atoms with Crippen molar-refractivity contribution >= 4 is 61.8 Å². The average Bonchev–Trinajstić information content (AvgIpc) is 1.94. The Morgan fingerprint density at radius 2 is 0.273 bits per heavy atom. The van der Waals surface area contributed by atoms with E-state index < -0.39 is 61.8 Å². The van der Waals surface area contributed by atoms with Crippen LogP contribution in [0, 0.1) is 0 Å². The molecule has 0 aliphatic carbocycles. The minimum absolute atomic E-state index is 0. The summed E-state index contributed by atoms with van der Waals surface area (Å²) in [5.74, 6) is 0. The Kier molecular flexibility index (Phi) is 43.7. The molecular formula is H12N6Ni3O18S6. The van der Waals surface area contributed by atoms with Gasteiger partial charge in [0, 0.05) is 0 Å². The summed E-state index contributed by atoms with van der Waals surface area (Å²) < 4.78 is 159. The van der Waals surface area contributed by atoms with Gasteiger partial charge in [0.05, 0.1) is 0 Å². The second-order valence-electron chi connectivity index (χ2n) is 2.96. The van der Waals surface area contributed by atoms with Gasteiger partial charge in [0.2, 0.25) is 0 Å². The molecule has 33 heteroatoms.